The topological polar surface area (TPSA) is 83.3 Å². The molecule has 6 nitrogen and oxygen atoms in total. The molecule has 0 saturated heterocycles. The summed E-state index contributed by atoms with van der Waals surface area (Å²) in [5.41, 5.74) is 1.78. The first-order valence-corrected chi connectivity index (χ1v) is 9.33. The number of carbonyl (C=O) groups is 1. The van der Waals surface area contributed by atoms with Gasteiger partial charge in [0.05, 0.1) is 18.4 Å². The van der Waals surface area contributed by atoms with Crippen molar-refractivity contribution in [1.29, 1.82) is 0 Å². The fraction of sp³-hybridized carbons (Fsp3) is 0.0417. The number of para-hydroxylation sites is 2. The number of hydrogen-bond donors (Lipinski definition) is 2. The van der Waals surface area contributed by atoms with Gasteiger partial charge in [-0.25, -0.2) is 0 Å². The normalized spacial score (nSPS) is 11.0. The number of nitrogens with one attached hydrogen (secondary N) is 1. The lowest BCUT2D eigenvalue weighted by Gasteiger charge is -2.11. The van der Waals surface area contributed by atoms with E-state index in [1.807, 2.05) is 42.5 Å². The molecular formula is C24H19N3O3. The molecule has 4 aromatic rings. The largest absolute Gasteiger partial charge is 0.506 e. The second kappa shape index (κ2) is 8.45. The number of hydrogen-bond acceptors (Lipinski definition) is 5. The molecular weight excluding hydrogens is 378 g/mol. The van der Waals surface area contributed by atoms with Crippen molar-refractivity contribution in [3.8, 4) is 11.5 Å². The summed E-state index contributed by atoms with van der Waals surface area (Å²) in [6.07, 6.45) is 0. The maximum Gasteiger partial charge on any atom is 0.259 e. The van der Waals surface area contributed by atoms with E-state index in [0.717, 1.165) is 0 Å². The number of azo groups is 1. The van der Waals surface area contributed by atoms with Crippen LogP contribution in [0.1, 0.15) is 10.4 Å². The molecule has 4 aromatic carbocycles. The number of nitrogens with zero attached hydrogens (tertiary/aromatic N) is 2. The Bertz CT molecular complexity index is 1240. The molecule has 0 spiro atoms. The van der Waals surface area contributed by atoms with Crippen LogP contribution in [-0.4, -0.2) is 18.1 Å². The molecule has 6 heteroatoms. The Morgan fingerprint density at radius 2 is 1.47 bits per heavy atom. The van der Waals surface area contributed by atoms with Crippen molar-refractivity contribution in [2.75, 3.05) is 12.4 Å². The Morgan fingerprint density at radius 1 is 0.833 bits per heavy atom. The zero-order valence-corrected chi connectivity index (χ0v) is 16.2. The van der Waals surface area contributed by atoms with E-state index in [2.05, 4.69) is 15.5 Å². The van der Waals surface area contributed by atoms with Crippen molar-refractivity contribution in [2.45, 2.75) is 0 Å². The summed E-state index contributed by atoms with van der Waals surface area (Å²) >= 11 is 0. The number of phenolic OH excluding ortho intramolecular Hbond substituents is 1. The van der Waals surface area contributed by atoms with Gasteiger partial charge in [0.15, 0.2) is 0 Å². The third-order valence-electron chi connectivity index (χ3n) is 4.62. The number of benzene rings is 4. The fourth-order valence-electron chi connectivity index (χ4n) is 3.14. The Kier molecular flexibility index (Phi) is 5.39. The van der Waals surface area contributed by atoms with E-state index in [-0.39, 0.29) is 11.3 Å². The maximum atomic E-state index is 12.8. The molecule has 1 amide bonds. The second-order valence-corrected chi connectivity index (χ2v) is 6.53. The predicted octanol–water partition coefficient (Wildman–Crippen LogP) is 6.22. The van der Waals surface area contributed by atoms with Crippen molar-refractivity contribution in [2.24, 2.45) is 10.2 Å². The Morgan fingerprint density at radius 3 is 2.23 bits per heavy atom. The van der Waals surface area contributed by atoms with E-state index < -0.39 is 5.91 Å². The van der Waals surface area contributed by atoms with Crippen LogP contribution >= 0.6 is 0 Å². The van der Waals surface area contributed by atoms with Crippen molar-refractivity contribution in [1.82, 2.24) is 0 Å². The third kappa shape index (κ3) is 3.84. The molecule has 0 aromatic heterocycles. The van der Waals surface area contributed by atoms with Crippen LogP contribution in [0, 0.1) is 0 Å². The molecule has 148 valence electrons. The minimum atomic E-state index is -0.432. The average Bonchev–Trinajstić information content (AvgIpc) is 2.79. The number of phenols is 1. The van der Waals surface area contributed by atoms with Gasteiger partial charge >= 0.3 is 0 Å². The lowest BCUT2D eigenvalue weighted by Crippen LogP contribution is -2.12. The monoisotopic (exact) mass is 397 g/mol. The summed E-state index contributed by atoms with van der Waals surface area (Å²) in [5.74, 6) is 0.0554. The highest BCUT2D eigenvalue weighted by molar-refractivity contribution is 6.12. The SMILES string of the molecule is COc1ccccc1N=Nc1cc(C(=O)Nc2ccccc2)c(O)c2ccccc12. The first kappa shape index (κ1) is 19.1. The van der Waals surface area contributed by atoms with E-state index in [4.69, 9.17) is 4.74 Å². The minimum absolute atomic E-state index is 0.102. The maximum absolute atomic E-state index is 12.8. The summed E-state index contributed by atoms with van der Waals surface area (Å²) < 4.78 is 5.31. The summed E-state index contributed by atoms with van der Waals surface area (Å²) in [4.78, 5) is 12.8. The molecule has 0 bridgehead atoms. The molecule has 0 aliphatic carbocycles. The van der Waals surface area contributed by atoms with Crippen molar-refractivity contribution in [3.05, 3.63) is 90.5 Å². The highest BCUT2D eigenvalue weighted by Gasteiger charge is 2.17. The van der Waals surface area contributed by atoms with Gasteiger partial charge < -0.3 is 15.2 Å². The number of ether oxygens (including phenoxy) is 1. The van der Waals surface area contributed by atoms with Crippen LogP contribution in [0.4, 0.5) is 17.1 Å². The molecule has 0 fully saturated rings. The molecule has 2 N–H and O–H groups in total. The predicted molar refractivity (Wildman–Crippen MR) is 117 cm³/mol. The van der Waals surface area contributed by atoms with Crippen LogP contribution in [0.3, 0.4) is 0 Å². The molecule has 0 aliphatic heterocycles. The van der Waals surface area contributed by atoms with Gasteiger partial charge in [-0.1, -0.05) is 54.6 Å². The summed E-state index contributed by atoms with van der Waals surface area (Å²) in [6, 6.07) is 25.1. The Hall–Kier alpha value is -4.19. The molecule has 4 rings (SSSR count). The van der Waals surface area contributed by atoms with Gasteiger partial charge in [-0.3, -0.25) is 4.79 Å². The summed E-state index contributed by atoms with van der Waals surface area (Å²) in [5, 5.41) is 23.4. The van der Waals surface area contributed by atoms with Crippen molar-refractivity contribution >= 4 is 33.7 Å². The van der Waals surface area contributed by atoms with Crippen LogP contribution in [0.5, 0.6) is 11.5 Å². The molecule has 30 heavy (non-hydrogen) atoms. The van der Waals surface area contributed by atoms with Gasteiger partial charge in [-0.15, -0.1) is 10.2 Å². The molecule has 0 aliphatic rings. The van der Waals surface area contributed by atoms with Crippen LogP contribution in [0.2, 0.25) is 0 Å². The zero-order valence-electron chi connectivity index (χ0n) is 16.2. The fourth-order valence-corrected chi connectivity index (χ4v) is 3.14. The van der Waals surface area contributed by atoms with Crippen LogP contribution in [0.25, 0.3) is 10.8 Å². The smallest absolute Gasteiger partial charge is 0.259 e. The quantitative estimate of drug-likeness (QED) is 0.392. The van der Waals surface area contributed by atoms with Crippen LogP contribution in [0.15, 0.2) is 95.2 Å². The van der Waals surface area contributed by atoms with Crippen LogP contribution in [-0.2, 0) is 0 Å². The highest BCUT2D eigenvalue weighted by Crippen LogP contribution is 2.38. The first-order valence-electron chi connectivity index (χ1n) is 9.33. The van der Waals surface area contributed by atoms with Gasteiger partial charge in [0.25, 0.3) is 5.91 Å². The van der Waals surface area contributed by atoms with E-state index in [1.165, 1.54) is 6.07 Å². The molecule has 0 atom stereocenters. The van der Waals surface area contributed by atoms with Crippen molar-refractivity contribution in [3.63, 3.8) is 0 Å². The molecule has 0 radical (unpaired) electrons. The zero-order chi connectivity index (χ0) is 20.9. The number of methoxy groups -OCH3 is 1. The molecule has 0 saturated carbocycles. The van der Waals surface area contributed by atoms with Gasteiger partial charge in [0.2, 0.25) is 0 Å². The Labute approximate surface area is 173 Å². The van der Waals surface area contributed by atoms with Crippen molar-refractivity contribution < 1.29 is 14.6 Å². The summed E-state index contributed by atoms with van der Waals surface area (Å²) in [7, 11) is 1.57. The lowest BCUT2D eigenvalue weighted by molar-refractivity contribution is 0.102. The van der Waals surface area contributed by atoms with E-state index in [0.29, 0.717) is 33.6 Å². The number of anilines is 1. The number of fused-ring (bicyclic) bond motifs is 1. The van der Waals surface area contributed by atoms with Gasteiger partial charge in [-0.2, -0.15) is 0 Å². The second-order valence-electron chi connectivity index (χ2n) is 6.53. The highest BCUT2D eigenvalue weighted by atomic mass is 16.5. The van der Waals surface area contributed by atoms with E-state index in [1.54, 1.807) is 43.5 Å². The van der Waals surface area contributed by atoms with E-state index in [9.17, 15) is 9.90 Å². The van der Waals surface area contributed by atoms with Gasteiger partial charge in [0.1, 0.15) is 17.2 Å². The Balaban J connectivity index is 1.78. The molecule has 0 unspecified atom stereocenters. The lowest BCUT2D eigenvalue weighted by atomic mass is 10.0. The van der Waals surface area contributed by atoms with Gasteiger partial charge in [-0.05, 0) is 30.3 Å². The third-order valence-corrected chi connectivity index (χ3v) is 4.62. The number of aromatic hydroxyl groups is 1. The van der Waals surface area contributed by atoms with E-state index >= 15 is 0 Å². The summed E-state index contributed by atoms with van der Waals surface area (Å²) in [6.45, 7) is 0. The minimum Gasteiger partial charge on any atom is -0.506 e. The van der Waals surface area contributed by atoms with Crippen LogP contribution < -0.4 is 10.1 Å². The number of rotatable bonds is 5. The standard InChI is InChI=1S/C24H19N3O3/c1-30-22-14-8-7-13-20(22)26-27-21-15-19(23(28)18-12-6-5-11-17(18)21)24(29)25-16-9-3-2-4-10-16/h2-15,28H,1H3,(H,25,29). The average molecular weight is 397 g/mol. The number of carbonyl (C=O) groups excluding carboxylic acids is 1. The molecule has 0 heterocycles. The number of amides is 1. The first-order chi connectivity index (χ1) is 14.7. The van der Waals surface area contributed by atoms with Gasteiger partial charge in [0, 0.05) is 16.5 Å².